The van der Waals surface area contributed by atoms with Crippen molar-refractivity contribution >= 4 is 5.91 Å². The predicted octanol–water partition coefficient (Wildman–Crippen LogP) is 1.04. The van der Waals surface area contributed by atoms with Gasteiger partial charge < -0.3 is 12.4 Å². The van der Waals surface area contributed by atoms with E-state index in [9.17, 15) is 4.79 Å². The Bertz CT molecular complexity index is 233. The van der Waals surface area contributed by atoms with Crippen molar-refractivity contribution in [3.63, 3.8) is 0 Å². The number of carbonyl (C=O) groups excluding carboxylic acids is 1. The van der Waals surface area contributed by atoms with Gasteiger partial charge >= 0.3 is 0 Å². The van der Waals surface area contributed by atoms with Crippen LogP contribution in [-0.2, 0) is 4.79 Å². The van der Waals surface area contributed by atoms with E-state index in [1.54, 1.807) is 6.92 Å². The molecule has 0 aliphatic rings. The summed E-state index contributed by atoms with van der Waals surface area (Å²) in [4.78, 5) is 11.0. The second kappa shape index (κ2) is 13.7. The van der Waals surface area contributed by atoms with Gasteiger partial charge in [0.05, 0.1) is 14.1 Å². The van der Waals surface area contributed by atoms with E-state index < -0.39 is 0 Å². The van der Waals surface area contributed by atoms with Crippen LogP contribution in [0.15, 0.2) is 0 Å². The van der Waals surface area contributed by atoms with Crippen LogP contribution in [0.3, 0.4) is 0 Å². The fraction of sp³-hybridized carbons (Fsp3) is 0.938. The molecule has 20 heavy (non-hydrogen) atoms. The molecule has 0 fully saturated rings. The van der Waals surface area contributed by atoms with E-state index in [1.807, 2.05) is 0 Å². The lowest BCUT2D eigenvalue weighted by molar-refractivity contribution is -0.925. The summed E-state index contributed by atoms with van der Waals surface area (Å²) >= 11 is 0. The van der Waals surface area contributed by atoms with Gasteiger partial charge in [-0.3, -0.25) is 4.79 Å². The molecule has 0 aromatic carbocycles. The minimum Gasteiger partial charge on any atom is -1.00 e. The van der Waals surface area contributed by atoms with Crippen molar-refractivity contribution < 1.29 is 21.8 Å². The summed E-state index contributed by atoms with van der Waals surface area (Å²) in [7, 11) is 4.10. The molecule has 0 atom stereocenters. The molecule has 0 spiro atoms. The first-order chi connectivity index (χ1) is 8.98. The number of nitrogens with one attached hydrogen (secondary N) is 1. The third-order valence-corrected chi connectivity index (χ3v) is 3.53. The fourth-order valence-electron chi connectivity index (χ4n) is 2.48. The summed E-state index contributed by atoms with van der Waals surface area (Å²) in [5, 5.41) is 0. The van der Waals surface area contributed by atoms with Crippen LogP contribution >= 0.6 is 0 Å². The number of unbranched alkanes of at least 4 members (excludes halogenated alkanes) is 9. The van der Waals surface area contributed by atoms with Crippen LogP contribution in [0.2, 0.25) is 0 Å². The highest BCUT2D eigenvalue weighted by Crippen LogP contribution is 2.11. The van der Waals surface area contributed by atoms with Gasteiger partial charge in [-0.15, -0.1) is 0 Å². The Morgan fingerprint density at radius 2 is 1.25 bits per heavy atom. The molecule has 0 saturated heterocycles. The minimum atomic E-state index is 0. The van der Waals surface area contributed by atoms with Gasteiger partial charge in [0.2, 0.25) is 0 Å². The number of nitrogens with zero attached hydrogens (tertiary/aromatic N) is 1. The summed E-state index contributed by atoms with van der Waals surface area (Å²) in [5.74, 6) is 0.0529. The van der Waals surface area contributed by atoms with E-state index in [-0.39, 0.29) is 18.3 Å². The number of amides is 1. The normalized spacial score (nSPS) is 11.0. The molecule has 0 radical (unpaired) electrons. The molecule has 0 heterocycles. The lowest BCUT2D eigenvalue weighted by Crippen LogP contribution is -3.00. The van der Waals surface area contributed by atoms with Crippen molar-refractivity contribution in [1.82, 2.24) is 5.43 Å². The van der Waals surface area contributed by atoms with Crippen molar-refractivity contribution in [2.45, 2.75) is 78.1 Å². The van der Waals surface area contributed by atoms with E-state index in [2.05, 4.69) is 26.4 Å². The lowest BCUT2D eigenvalue weighted by atomic mass is 10.1. The highest BCUT2D eigenvalue weighted by molar-refractivity contribution is 5.71. The van der Waals surface area contributed by atoms with Crippen molar-refractivity contribution in [2.24, 2.45) is 0 Å². The molecular formula is C16H35ClN2O. The summed E-state index contributed by atoms with van der Waals surface area (Å²) in [6.45, 7) is 4.87. The summed E-state index contributed by atoms with van der Waals surface area (Å²) in [5.41, 5.74) is 2.95. The summed E-state index contributed by atoms with van der Waals surface area (Å²) in [6, 6.07) is 0. The Hall–Kier alpha value is -0.280. The van der Waals surface area contributed by atoms with Crippen molar-refractivity contribution in [2.75, 3.05) is 20.6 Å². The molecule has 0 aliphatic heterocycles. The average molecular weight is 307 g/mol. The molecule has 1 amide bonds. The van der Waals surface area contributed by atoms with E-state index in [0.29, 0.717) is 4.59 Å². The molecular weight excluding hydrogens is 272 g/mol. The van der Waals surface area contributed by atoms with E-state index in [1.165, 1.54) is 64.2 Å². The third-order valence-electron chi connectivity index (χ3n) is 3.53. The number of hydrogen-bond acceptors (Lipinski definition) is 1. The fourth-order valence-corrected chi connectivity index (χ4v) is 2.48. The van der Waals surface area contributed by atoms with Crippen LogP contribution < -0.4 is 17.8 Å². The van der Waals surface area contributed by atoms with Gasteiger partial charge in [0, 0.05) is 6.92 Å². The number of hydrogen-bond donors (Lipinski definition) is 1. The van der Waals surface area contributed by atoms with Crippen LogP contribution in [0.25, 0.3) is 0 Å². The lowest BCUT2D eigenvalue weighted by Gasteiger charge is -2.28. The minimum absolute atomic E-state index is 0. The van der Waals surface area contributed by atoms with Crippen LogP contribution in [0.4, 0.5) is 0 Å². The first-order valence-corrected chi connectivity index (χ1v) is 8.10. The smallest absolute Gasteiger partial charge is 0.261 e. The monoisotopic (exact) mass is 306 g/mol. The number of quaternary nitrogens is 1. The Kier molecular flexibility index (Phi) is 15.1. The van der Waals surface area contributed by atoms with Crippen molar-refractivity contribution in [3.8, 4) is 0 Å². The standard InChI is InChI=1S/C16H34N2O.ClH/c1-5-6-7-8-9-10-11-12-13-14-15-18(3,4)17-16(2)19;/h5-15H2,1-4H3;1H. The quantitative estimate of drug-likeness (QED) is 0.326. The van der Waals surface area contributed by atoms with Crippen molar-refractivity contribution in [3.05, 3.63) is 0 Å². The first-order valence-electron chi connectivity index (χ1n) is 8.10. The van der Waals surface area contributed by atoms with Gasteiger partial charge in [-0.05, 0) is 12.8 Å². The molecule has 0 aromatic heterocycles. The highest BCUT2D eigenvalue weighted by Gasteiger charge is 2.15. The average Bonchev–Trinajstić information content (AvgIpc) is 2.30. The Labute approximate surface area is 132 Å². The topological polar surface area (TPSA) is 29.1 Å². The van der Waals surface area contributed by atoms with Crippen LogP contribution in [0.5, 0.6) is 0 Å². The van der Waals surface area contributed by atoms with Crippen LogP contribution in [-0.4, -0.2) is 31.1 Å². The molecule has 0 rings (SSSR count). The van der Waals surface area contributed by atoms with Gasteiger partial charge in [0.25, 0.3) is 5.91 Å². The first kappa shape index (κ1) is 22.0. The number of halogens is 1. The Morgan fingerprint density at radius 3 is 1.65 bits per heavy atom. The van der Waals surface area contributed by atoms with E-state index in [0.717, 1.165) is 6.54 Å². The molecule has 0 aromatic rings. The Balaban J connectivity index is 0. The summed E-state index contributed by atoms with van der Waals surface area (Å²) in [6.07, 6.45) is 13.6. The van der Waals surface area contributed by atoms with Gasteiger partial charge in [0.1, 0.15) is 6.54 Å². The predicted molar refractivity (Wildman–Crippen MR) is 82.6 cm³/mol. The maximum atomic E-state index is 11.0. The molecule has 0 bridgehead atoms. The maximum absolute atomic E-state index is 11.0. The van der Waals surface area contributed by atoms with E-state index in [4.69, 9.17) is 0 Å². The largest absolute Gasteiger partial charge is 1.00 e. The molecule has 1 N–H and O–H groups in total. The molecule has 4 heteroatoms. The van der Waals surface area contributed by atoms with E-state index >= 15 is 0 Å². The van der Waals surface area contributed by atoms with Gasteiger partial charge in [0.15, 0.2) is 0 Å². The van der Waals surface area contributed by atoms with Crippen LogP contribution in [0, 0.1) is 0 Å². The zero-order valence-electron chi connectivity index (χ0n) is 14.0. The Morgan fingerprint density at radius 1 is 0.850 bits per heavy atom. The van der Waals surface area contributed by atoms with Crippen molar-refractivity contribution in [1.29, 1.82) is 0 Å². The zero-order valence-corrected chi connectivity index (χ0v) is 14.8. The number of carbonyl (C=O) groups is 1. The maximum Gasteiger partial charge on any atom is 0.261 e. The molecule has 0 saturated carbocycles. The van der Waals surface area contributed by atoms with Gasteiger partial charge in [-0.25, -0.2) is 10.0 Å². The molecule has 0 unspecified atom stereocenters. The zero-order chi connectivity index (χ0) is 14.6. The highest BCUT2D eigenvalue weighted by atomic mass is 35.5. The van der Waals surface area contributed by atoms with Gasteiger partial charge in [-0.1, -0.05) is 58.3 Å². The third kappa shape index (κ3) is 15.8. The second-order valence-electron chi connectivity index (χ2n) is 6.26. The summed E-state index contributed by atoms with van der Waals surface area (Å²) < 4.78 is 0.604. The SMILES string of the molecule is CCCCCCCCCCCC[N+](C)(C)NC(C)=O.[Cl-]. The molecule has 0 aliphatic carbocycles. The van der Waals surface area contributed by atoms with Crippen LogP contribution in [0.1, 0.15) is 78.1 Å². The van der Waals surface area contributed by atoms with Gasteiger partial charge in [-0.2, -0.15) is 0 Å². The second-order valence-corrected chi connectivity index (χ2v) is 6.26. The molecule has 122 valence electrons. The number of rotatable bonds is 12. The molecule has 3 nitrogen and oxygen atoms in total.